The fraction of sp³-hybridized carbons (Fsp3) is 0.722. The number of ketones is 1. The minimum absolute atomic E-state index is 0.0287. The molecular formula is C54H90N2O15S. The van der Waals surface area contributed by atoms with Crippen molar-refractivity contribution in [3.8, 4) is 0 Å². The van der Waals surface area contributed by atoms with Gasteiger partial charge in [-0.25, -0.2) is 14.3 Å². The lowest BCUT2D eigenvalue weighted by Crippen LogP contribution is -2.64. The third-order valence-corrected chi connectivity index (χ3v) is 13.5. The molecule has 0 amide bonds. The summed E-state index contributed by atoms with van der Waals surface area (Å²) in [5.41, 5.74) is 2.62. The Kier molecular flexibility index (Phi) is 34.3. The second kappa shape index (κ2) is 38.2. The van der Waals surface area contributed by atoms with Gasteiger partial charge in [-0.1, -0.05) is 177 Å². The van der Waals surface area contributed by atoms with Crippen LogP contribution in [0.4, 0.5) is 0 Å². The Morgan fingerprint density at radius 3 is 1.53 bits per heavy atom. The van der Waals surface area contributed by atoms with E-state index in [4.69, 9.17) is 44.4 Å². The van der Waals surface area contributed by atoms with Gasteiger partial charge >= 0.3 is 11.9 Å². The third kappa shape index (κ3) is 27.8. The van der Waals surface area contributed by atoms with Crippen LogP contribution in [0.25, 0.3) is 0 Å². The molecule has 6 N–H and O–H groups in total. The van der Waals surface area contributed by atoms with E-state index in [1.165, 1.54) is 43.2 Å². The summed E-state index contributed by atoms with van der Waals surface area (Å²) < 4.78 is 57.5. The molecule has 2 aromatic carbocycles. The monoisotopic (exact) mass is 1040 g/mol. The van der Waals surface area contributed by atoms with Crippen molar-refractivity contribution in [3.05, 3.63) is 71.8 Å². The van der Waals surface area contributed by atoms with Gasteiger partial charge < -0.3 is 39.2 Å². The molecule has 0 spiro atoms. The number of carbonyl (C=O) groups is 3. The summed E-state index contributed by atoms with van der Waals surface area (Å²) in [6.45, 7) is 0.510. The second-order valence-electron chi connectivity index (χ2n) is 19.5. The van der Waals surface area contributed by atoms with Crippen LogP contribution in [0.5, 0.6) is 0 Å². The van der Waals surface area contributed by atoms with Gasteiger partial charge in [0.25, 0.3) is 5.79 Å². The second-order valence-corrected chi connectivity index (χ2v) is 20.5. The highest BCUT2D eigenvalue weighted by Gasteiger charge is 2.57. The lowest BCUT2D eigenvalue weighted by molar-refractivity contribution is -0.959. The summed E-state index contributed by atoms with van der Waals surface area (Å²) in [5.74, 6) is 1.15. The van der Waals surface area contributed by atoms with Crippen LogP contribution in [0, 0.1) is 0 Å². The summed E-state index contributed by atoms with van der Waals surface area (Å²) in [6.07, 6.45) is 16.4. The van der Waals surface area contributed by atoms with Crippen molar-refractivity contribution in [2.75, 3.05) is 33.8 Å². The summed E-state index contributed by atoms with van der Waals surface area (Å²) in [6, 6.07) is 20.6. The fourth-order valence-corrected chi connectivity index (χ4v) is 9.09. The normalized spacial score (nSPS) is 18.5. The van der Waals surface area contributed by atoms with Crippen LogP contribution in [-0.4, -0.2) is 120 Å². The lowest BCUT2D eigenvalue weighted by atomic mass is 9.89. The molecule has 2 unspecified atom stereocenters. The van der Waals surface area contributed by atoms with Gasteiger partial charge in [-0.3, -0.25) is 27.9 Å². The van der Waals surface area contributed by atoms with Crippen molar-refractivity contribution in [2.45, 2.75) is 217 Å². The zero-order valence-electron chi connectivity index (χ0n) is 43.4. The number of quaternary nitrogens is 1. The molecule has 5 atom stereocenters. The molecule has 0 bridgehead atoms. The van der Waals surface area contributed by atoms with Gasteiger partial charge in [0.2, 0.25) is 16.2 Å². The minimum atomic E-state index is -5.40. The van der Waals surface area contributed by atoms with E-state index in [-0.39, 0.29) is 43.9 Å². The number of aryl methyl sites for hydroxylation is 2. The van der Waals surface area contributed by atoms with Gasteiger partial charge in [-0.15, -0.1) is 0 Å². The number of nitrogens with zero attached hydrogens (tertiary/aromatic N) is 1. The molecule has 1 heterocycles. The van der Waals surface area contributed by atoms with E-state index in [1.807, 2.05) is 36.4 Å². The zero-order chi connectivity index (χ0) is 52.9. The number of nitrogens with two attached hydrogens (primary N) is 1. The third-order valence-electron chi connectivity index (χ3n) is 13.1. The van der Waals surface area contributed by atoms with Gasteiger partial charge in [0.1, 0.15) is 18.3 Å². The van der Waals surface area contributed by atoms with E-state index in [1.54, 1.807) is 7.05 Å². The fourth-order valence-electron chi connectivity index (χ4n) is 8.57. The number of benzene rings is 2. The predicted molar refractivity (Wildman–Crippen MR) is 273 cm³/mol. The van der Waals surface area contributed by atoms with Gasteiger partial charge in [-0.2, -0.15) is 0 Å². The number of hydrogen-bond donors (Lipinski definition) is 5. The number of Topliss-reactive ketones (excluding diaryl/α,β-unsaturated/α-hetero) is 1. The molecule has 0 aromatic heterocycles. The number of hydrogen-bond acceptors (Lipinski definition) is 16. The Labute approximate surface area is 430 Å². The largest absolute Gasteiger partial charge is 0.726 e. The first-order chi connectivity index (χ1) is 34.7. The van der Waals surface area contributed by atoms with Crippen LogP contribution in [0.1, 0.15) is 185 Å². The Morgan fingerprint density at radius 2 is 1.11 bits per heavy atom. The maximum absolute atomic E-state index is 14.5. The highest BCUT2D eigenvalue weighted by Crippen LogP contribution is 2.37. The molecule has 1 saturated heterocycles. The summed E-state index contributed by atoms with van der Waals surface area (Å²) in [7, 11) is -3.86. The number of ether oxygens (including phenoxy) is 3. The maximum Gasteiger partial charge on any atom is 0.306 e. The van der Waals surface area contributed by atoms with Gasteiger partial charge in [0.05, 0.1) is 20.1 Å². The molecule has 17 nitrogen and oxygen atoms in total. The summed E-state index contributed by atoms with van der Waals surface area (Å²) in [4.78, 5) is 46.2. The van der Waals surface area contributed by atoms with Gasteiger partial charge in [0, 0.05) is 12.8 Å². The van der Waals surface area contributed by atoms with Crippen LogP contribution in [0.3, 0.4) is 0 Å². The standard InChI is InChI=1S/C50H79NO12S.C4H12NO3/c1-2-3-4-5-6-7-8-9-16-27-36-43(59-46(53)37-28-17-12-10-14-21-30-41-32-23-19-24-33-41)49(55)50(63-51)39-44(48(45(40-52)61-50)62-64(56,57)58)60-47(54)38-29-18-13-11-15-22-31-42-34-25-20-26-35-42;1-5(2-6,3-7)4-8/h19-20,23-26,32-35,43-45,48,52H,2-18,21-22,27-31,36-40,51H2,1H3,(H,56,57,58);6-8H,2-4H2,1H3/q;+1/p-1/t43?,44-,45+,48-,50?;/m0./s1. The molecule has 18 heteroatoms. The van der Waals surface area contributed by atoms with Crippen LogP contribution in [-0.2, 0) is 60.9 Å². The quantitative estimate of drug-likeness (QED) is 0.00802. The van der Waals surface area contributed by atoms with Crippen molar-refractivity contribution >= 4 is 28.1 Å². The Morgan fingerprint density at radius 1 is 0.681 bits per heavy atom. The van der Waals surface area contributed by atoms with Crippen LogP contribution >= 0.6 is 0 Å². The van der Waals surface area contributed by atoms with Crippen LogP contribution in [0.2, 0.25) is 0 Å². The number of aliphatic hydroxyl groups excluding tert-OH is 4. The number of carbonyl (C=O) groups excluding carboxylic acids is 3. The maximum atomic E-state index is 14.5. The number of esters is 2. The highest BCUT2D eigenvalue weighted by atomic mass is 32.3. The minimum Gasteiger partial charge on any atom is -0.726 e. The van der Waals surface area contributed by atoms with Crippen molar-refractivity contribution < 1.29 is 75.5 Å². The van der Waals surface area contributed by atoms with E-state index in [2.05, 4.69) is 31.2 Å². The molecular weight excluding hydrogens is 949 g/mol. The molecule has 1 aliphatic heterocycles. The zero-order valence-corrected chi connectivity index (χ0v) is 44.2. The van der Waals surface area contributed by atoms with Gasteiger partial charge in [-0.05, 0) is 62.5 Å². The van der Waals surface area contributed by atoms with Crippen molar-refractivity contribution in [1.29, 1.82) is 0 Å². The number of aliphatic hydroxyl groups is 4. The molecule has 1 fully saturated rings. The first-order valence-electron chi connectivity index (χ1n) is 26.7. The molecule has 1 aliphatic rings. The van der Waals surface area contributed by atoms with E-state index >= 15 is 0 Å². The van der Waals surface area contributed by atoms with Crippen LogP contribution in [0.15, 0.2) is 60.7 Å². The lowest BCUT2D eigenvalue weighted by Gasteiger charge is -2.45. The highest BCUT2D eigenvalue weighted by molar-refractivity contribution is 7.80. The first-order valence-corrected chi connectivity index (χ1v) is 28.0. The number of unbranched alkanes of at least 4 members (excludes halogenated alkanes) is 19. The smallest absolute Gasteiger partial charge is 0.306 e. The molecule has 2 aromatic rings. The van der Waals surface area contributed by atoms with Crippen molar-refractivity contribution in [1.82, 2.24) is 0 Å². The van der Waals surface area contributed by atoms with Crippen molar-refractivity contribution in [2.24, 2.45) is 5.90 Å². The summed E-state index contributed by atoms with van der Waals surface area (Å²) >= 11 is 0. The Bertz CT molecular complexity index is 1810. The SMILES string of the molecule is CCCCCCCCCCCCC(OC(=O)CCCCCCCCc1ccccc1)C(=O)C1(ON)C[C@H](OC(=O)CCCCCCCCc2ccccc2)[C@H](OS(=O)(=O)[O-])[C@@H](CO)O1.C[N+](CO)(CO)CO. The Balaban J connectivity index is 0.00000203. The molecule has 72 heavy (non-hydrogen) atoms. The molecule has 0 aliphatic carbocycles. The predicted octanol–water partition coefficient (Wildman–Crippen LogP) is 8.13. The van der Waals surface area contributed by atoms with E-state index in [9.17, 15) is 32.5 Å². The Hall–Kier alpha value is -3.40. The molecule has 3 rings (SSSR count). The molecule has 412 valence electrons. The van der Waals surface area contributed by atoms with Crippen LogP contribution < -0.4 is 5.90 Å². The average molecular weight is 1040 g/mol. The topological polar surface area (TPSA) is 262 Å². The first kappa shape index (κ1) is 64.7. The van der Waals surface area contributed by atoms with E-state index in [0.29, 0.717) is 19.3 Å². The van der Waals surface area contributed by atoms with Gasteiger partial charge in [0.15, 0.2) is 26.3 Å². The van der Waals surface area contributed by atoms with E-state index in [0.717, 1.165) is 103 Å². The molecule has 0 radical (unpaired) electrons. The average Bonchev–Trinajstić information content (AvgIpc) is 3.38. The number of rotatable bonds is 40. The van der Waals surface area contributed by atoms with Crippen molar-refractivity contribution in [3.63, 3.8) is 0 Å². The molecule has 0 saturated carbocycles. The summed E-state index contributed by atoms with van der Waals surface area (Å²) in [5, 5.41) is 35.7. The van der Waals surface area contributed by atoms with E-state index < -0.39 is 71.4 Å².